The molecule has 2 aromatic rings. The van der Waals surface area contributed by atoms with E-state index in [1.165, 1.54) is 38.2 Å². The first kappa shape index (κ1) is 50.4. The Hall–Kier alpha value is -4.63. The van der Waals surface area contributed by atoms with Crippen molar-refractivity contribution in [1.82, 2.24) is 24.8 Å². The first-order valence-electron chi connectivity index (χ1n) is 21.9. The number of methoxy groups -OCH3 is 2. The number of alkyl halides is 1. The van der Waals surface area contributed by atoms with E-state index in [1.807, 2.05) is 25.9 Å². The number of hydrogen-bond donors (Lipinski definition) is 1. The molecule has 0 radical (unpaired) electrons. The number of ether oxygens (including phenoxy) is 6. The lowest BCUT2D eigenvalue weighted by molar-refractivity contribution is -0.384. The van der Waals surface area contributed by atoms with Crippen molar-refractivity contribution < 1.29 is 62.0 Å². The molecule has 3 aliphatic rings. The molecule has 3 fully saturated rings. The van der Waals surface area contributed by atoms with Gasteiger partial charge >= 0.3 is 12.1 Å². The molecule has 0 unspecified atom stereocenters. The monoisotopic (exact) mass is 904 g/mol. The van der Waals surface area contributed by atoms with E-state index >= 15 is 4.39 Å². The van der Waals surface area contributed by atoms with Crippen LogP contribution in [0.1, 0.15) is 87.5 Å². The van der Waals surface area contributed by atoms with E-state index in [4.69, 9.17) is 28.4 Å². The number of hydrogen-bond acceptors (Lipinski definition) is 16. The molecule has 0 bridgehead atoms. The van der Waals surface area contributed by atoms with Crippen LogP contribution in [0.3, 0.4) is 0 Å². The number of nitrogens with zero attached hydrogens (tertiary/aromatic N) is 6. The number of non-ortho nitro benzene ring substituents is 1. The van der Waals surface area contributed by atoms with Gasteiger partial charge in [0.1, 0.15) is 29.4 Å². The molecule has 13 atom stereocenters. The van der Waals surface area contributed by atoms with Crippen LogP contribution in [-0.2, 0) is 44.6 Å². The minimum Gasteiger partial charge on any atom is -0.496 e. The molecule has 19 nitrogen and oxygen atoms in total. The Kier molecular flexibility index (Phi) is 15.6. The summed E-state index contributed by atoms with van der Waals surface area (Å²) in [5.41, 5.74) is -5.71. The summed E-state index contributed by atoms with van der Waals surface area (Å²) < 4.78 is 54.2. The quantitative estimate of drug-likeness (QED) is 0.0924. The number of aliphatic hydroxyl groups is 1. The second kappa shape index (κ2) is 19.9. The maximum absolute atomic E-state index is 16.9. The summed E-state index contributed by atoms with van der Waals surface area (Å²) in [6.45, 7) is 12.7. The third-order valence-electron chi connectivity index (χ3n) is 13.4. The summed E-state index contributed by atoms with van der Waals surface area (Å²) in [6, 6.07) is 2.89. The van der Waals surface area contributed by atoms with Gasteiger partial charge in [-0.1, -0.05) is 32.9 Å². The molecule has 5 rings (SSSR count). The van der Waals surface area contributed by atoms with E-state index in [1.54, 1.807) is 51.6 Å². The maximum Gasteiger partial charge on any atom is 0.410 e. The number of likely N-dealkylation sites (N-methyl/N-ethyl adjacent to an activating group) is 1. The molecule has 1 N–H and O–H groups in total. The van der Waals surface area contributed by atoms with Gasteiger partial charge in [-0.2, -0.15) is 0 Å². The van der Waals surface area contributed by atoms with Crippen LogP contribution >= 0.6 is 0 Å². The number of cyclic esters (lactones) is 1. The van der Waals surface area contributed by atoms with Crippen molar-refractivity contribution in [3.63, 3.8) is 0 Å². The average Bonchev–Trinajstić information content (AvgIpc) is 3.83. The van der Waals surface area contributed by atoms with Gasteiger partial charge in [0.15, 0.2) is 17.7 Å². The number of amides is 1. The molecule has 1 aromatic heterocycles. The van der Waals surface area contributed by atoms with Gasteiger partial charge in [-0.25, -0.2) is 14.0 Å². The minimum absolute atomic E-state index is 0.0385. The van der Waals surface area contributed by atoms with Gasteiger partial charge in [-0.15, -0.1) is 5.10 Å². The molecular weight excluding hydrogens is 840 g/mol. The number of esters is 1. The number of carbonyl (C=O) groups is 4. The Morgan fingerprint density at radius 1 is 1.03 bits per heavy atom. The van der Waals surface area contributed by atoms with E-state index in [-0.39, 0.29) is 48.8 Å². The molecule has 20 heteroatoms. The lowest BCUT2D eigenvalue weighted by Gasteiger charge is -2.47. The Morgan fingerprint density at radius 3 is 2.31 bits per heavy atom. The highest BCUT2D eigenvalue weighted by Crippen LogP contribution is 2.44. The summed E-state index contributed by atoms with van der Waals surface area (Å²) in [7, 11) is 6.40. The molecule has 0 aliphatic carbocycles. The van der Waals surface area contributed by atoms with Crippen molar-refractivity contribution >= 4 is 29.3 Å². The molecule has 64 heavy (non-hydrogen) atoms. The van der Waals surface area contributed by atoms with Gasteiger partial charge < -0.3 is 43.3 Å². The summed E-state index contributed by atoms with van der Waals surface area (Å²) in [5.74, 6) is -5.78. The van der Waals surface area contributed by atoms with Gasteiger partial charge in [0.05, 0.1) is 48.1 Å². The smallest absolute Gasteiger partial charge is 0.410 e. The number of nitro benzene ring substituents is 1. The number of aliphatic hydroxyl groups excluding tert-OH is 1. The van der Waals surface area contributed by atoms with Crippen molar-refractivity contribution in [2.24, 2.45) is 17.8 Å². The number of nitro groups is 1. The van der Waals surface area contributed by atoms with Crippen molar-refractivity contribution in [3.8, 4) is 17.0 Å². The Balaban J connectivity index is 1.44. The number of aryl methyl sites for hydroxylation is 1. The third-order valence-corrected chi connectivity index (χ3v) is 13.4. The fraction of sp³-hybridized carbons (Fsp3) is 0.727. The first-order chi connectivity index (χ1) is 29.9. The molecule has 356 valence electrons. The number of unbranched alkanes of at least 4 members (excludes halogenated alkanes) is 1. The van der Waals surface area contributed by atoms with Crippen LogP contribution < -0.4 is 4.74 Å². The van der Waals surface area contributed by atoms with Crippen LogP contribution in [0.25, 0.3) is 11.3 Å². The Morgan fingerprint density at radius 2 is 1.70 bits per heavy atom. The Labute approximate surface area is 373 Å². The van der Waals surface area contributed by atoms with Crippen molar-refractivity contribution in [2.45, 2.75) is 154 Å². The highest BCUT2D eigenvalue weighted by atomic mass is 19.1. The summed E-state index contributed by atoms with van der Waals surface area (Å²) >= 11 is 0. The second-order valence-electron chi connectivity index (χ2n) is 18.3. The molecule has 3 aliphatic heterocycles. The minimum atomic E-state index is -3.22. The number of aromatic nitrogens is 3. The van der Waals surface area contributed by atoms with Gasteiger partial charge in [-0.05, 0) is 80.0 Å². The SMILES string of the molecule is CC[C@H]1OC(=O)[C@@](C)(F)C(=O)[C@H](C)[C@@H](O[C@@H]2O[C@H](C)C[C@H](N(C)C)[C@H]2O)[C@](C)(OC)C[C@@H](C)C(=O)[C@H](C)[C@H]2N(CCCCn3cc(-c4cc(OC)cc([N+](=O)[O-])c4)nn3)C(=O)O[C@]12C. The van der Waals surface area contributed by atoms with Crippen LogP contribution in [-0.4, -0.2) is 153 Å². The third kappa shape index (κ3) is 10.1. The molecular formula is C44H65FN6O13. The van der Waals surface area contributed by atoms with Crippen LogP contribution in [0.4, 0.5) is 14.9 Å². The van der Waals surface area contributed by atoms with Crippen molar-refractivity contribution in [1.29, 1.82) is 0 Å². The summed E-state index contributed by atoms with van der Waals surface area (Å²) in [4.78, 5) is 71.1. The van der Waals surface area contributed by atoms with E-state index < -0.39 is 88.0 Å². The zero-order valence-electron chi connectivity index (χ0n) is 38.9. The molecule has 3 saturated heterocycles. The lowest BCUT2D eigenvalue weighted by atomic mass is 9.73. The maximum atomic E-state index is 16.9. The van der Waals surface area contributed by atoms with Crippen molar-refractivity contribution in [3.05, 3.63) is 34.5 Å². The number of fused-ring (bicyclic) bond motifs is 1. The van der Waals surface area contributed by atoms with Crippen molar-refractivity contribution in [2.75, 3.05) is 34.9 Å². The number of Topliss-reactive ketones (excluding diaryl/α,β-unsaturated/α-hetero) is 2. The lowest BCUT2D eigenvalue weighted by Crippen LogP contribution is -2.61. The van der Waals surface area contributed by atoms with E-state index in [0.717, 1.165) is 6.92 Å². The molecule has 0 spiro atoms. The molecule has 0 saturated carbocycles. The topological polar surface area (TPSA) is 224 Å². The van der Waals surface area contributed by atoms with Gasteiger partial charge in [-0.3, -0.25) is 24.4 Å². The number of benzene rings is 1. The second-order valence-corrected chi connectivity index (χ2v) is 18.3. The summed E-state index contributed by atoms with van der Waals surface area (Å²) in [5, 5.41) is 31.3. The zero-order valence-corrected chi connectivity index (χ0v) is 38.9. The van der Waals surface area contributed by atoms with Gasteiger partial charge in [0.25, 0.3) is 11.4 Å². The van der Waals surface area contributed by atoms with Crippen LogP contribution in [0.5, 0.6) is 5.75 Å². The normalized spacial score (nSPS) is 35.5. The average molecular weight is 905 g/mol. The highest BCUT2D eigenvalue weighted by molar-refractivity contribution is 6.08. The zero-order chi connectivity index (χ0) is 47.6. The first-order valence-corrected chi connectivity index (χ1v) is 21.9. The standard InChI is InChI=1S/C44H65FN6O13/c1-13-33-44(8)36(50(41(56)64-44)17-15-14-16-49-23-31(46-47-49)28-19-29(51(57)58)21-30(20-28)59-11)26(4)34(52)24(2)22-42(6,60-12)38(27(5)37(54)43(7,45)40(55)62-33)63-39-35(53)32(48(9)10)18-25(3)61-39/h19-21,23-27,32-33,35-36,38-39,53H,13-18,22H2,1-12H3/t24-,25-,26+,27+,32+,33-,35-,36-,38-,39+,42-,43+,44-/m1/s1. The van der Waals surface area contributed by atoms with Crippen LogP contribution in [0, 0.1) is 27.9 Å². The number of rotatable bonds is 13. The molecule has 1 amide bonds. The van der Waals surface area contributed by atoms with Gasteiger partial charge in [0, 0.05) is 55.6 Å². The van der Waals surface area contributed by atoms with E-state index in [9.17, 15) is 34.4 Å². The highest BCUT2D eigenvalue weighted by Gasteiger charge is 2.61. The fourth-order valence-electron chi connectivity index (χ4n) is 9.76. The number of ketones is 2. The van der Waals surface area contributed by atoms with E-state index in [2.05, 4.69) is 10.3 Å². The fourth-order valence-corrected chi connectivity index (χ4v) is 9.76. The Bertz CT molecular complexity index is 2030. The number of halogens is 1. The van der Waals surface area contributed by atoms with Crippen LogP contribution in [0.15, 0.2) is 24.4 Å². The predicted molar refractivity (Wildman–Crippen MR) is 228 cm³/mol. The largest absolute Gasteiger partial charge is 0.496 e. The predicted octanol–water partition coefficient (Wildman–Crippen LogP) is 4.94. The van der Waals surface area contributed by atoms with Crippen LogP contribution in [0.2, 0.25) is 0 Å². The summed E-state index contributed by atoms with van der Waals surface area (Å²) in [6.07, 6.45) is -3.23. The molecule has 1 aromatic carbocycles. The number of carbonyl (C=O) groups excluding carboxylic acids is 4. The molecule has 4 heterocycles. The van der Waals surface area contributed by atoms with Gasteiger partial charge in [0.2, 0.25) is 0 Å². The van der Waals surface area contributed by atoms with E-state index in [0.29, 0.717) is 37.1 Å².